The lowest BCUT2D eigenvalue weighted by molar-refractivity contribution is 0.475. The molecule has 0 aliphatic carbocycles. The first-order chi connectivity index (χ1) is 7.66. The van der Waals surface area contributed by atoms with Gasteiger partial charge in [0, 0.05) is 6.20 Å². The molecule has 0 spiro atoms. The Hall–Kier alpha value is -2.03. The smallest absolute Gasteiger partial charge is 0.148 e. The fraction of sp³-hybridized carbons (Fsp3) is 0.154. The minimum atomic E-state index is 0.523. The number of nitrogens with zero attached hydrogens (tertiary/aromatic N) is 1. The second kappa shape index (κ2) is 4.23. The molecule has 1 aromatic heterocycles. The van der Waals surface area contributed by atoms with E-state index in [4.69, 9.17) is 10.5 Å². The van der Waals surface area contributed by atoms with E-state index in [1.165, 1.54) is 0 Å². The predicted octanol–water partition coefficient (Wildman–Crippen LogP) is 3.41. The molecule has 1 radical (unpaired) electrons. The molecule has 0 atom stereocenters. The Bertz CT molecular complexity index is 509. The maximum Gasteiger partial charge on any atom is 0.148 e. The predicted molar refractivity (Wildman–Crippen MR) is 63.0 cm³/mol. The molecule has 1 N–H and O–H groups in total. The number of nitrogens with one attached hydrogen (secondary N) is 1. The van der Waals surface area contributed by atoms with E-state index in [1.807, 2.05) is 32.0 Å². The summed E-state index contributed by atoms with van der Waals surface area (Å²) in [7, 11) is 0. The zero-order valence-electron chi connectivity index (χ0n) is 9.32. The zero-order chi connectivity index (χ0) is 11.5. The van der Waals surface area contributed by atoms with Gasteiger partial charge in [0.05, 0.1) is 11.4 Å². The summed E-state index contributed by atoms with van der Waals surface area (Å²) in [6.07, 6.45) is 1.74. The zero-order valence-corrected chi connectivity index (χ0v) is 9.32. The molecule has 1 heterocycles. The van der Waals surface area contributed by atoms with Crippen LogP contribution in [-0.4, -0.2) is 4.98 Å². The van der Waals surface area contributed by atoms with Gasteiger partial charge in [0.15, 0.2) is 0 Å². The number of aryl methyl sites for hydroxylation is 2. The average Bonchev–Trinajstić information content (AvgIpc) is 2.27. The summed E-state index contributed by atoms with van der Waals surface area (Å²) in [4.78, 5) is 4.15. The maximum atomic E-state index is 7.57. The third-order valence-electron chi connectivity index (χ3n) is 2.38. The van der Waals surface area contributed by atoms with E-state index in [0.29, 0.717) is 5.69 Å². The minimum Gasteiger partial charge on any atom is -0.455 e. The number of aromatic nitrogens is 1. The van der Waals surface area contributed by atoms with E-state index in [9.17, 15) is 0 Å². The van der Waals surface area contributed by atoms with Crippen molar-refractivity contribution in [3.63, 3.8) is 0 Å². The summed E-state index contributed by atoms with van der Waals surface area (Å²) in [5.41, 5.74) is 9.85. The molecule has 2 rings (SSSR count). The highest BCUT2D eigenvalue weighted by molar-refractivity contribution is 5.48. The molecule has 16 heavy (non-hydrogen) atoms. The fourth-order valence-corrected chi connectivity index (χ4v) is 1.40. The Kier molecular flexibility index (Phi) is 2.77. The van der Waals surface area contributed by atoms with Crippen molar-refractivity contribution in [2.45, 2.75) is 13.8 Å². The van der Waals surface area contributed by atoms with Crippen LogP contribution in [0.1, 0.15) is 11.3 Å². The molecule has 0 aliphatic heterocycles. The third-order valence-corrected chi connectivity index (χ3v) is 2.38. The van der Waals surface area contributed by atoms with Crippen LogP contribution in [0, 0.1) is 13.8 Å². The SMILES string of the molecule is Cc1cc(Oc2cccnc2C)ccc1[NH]. The highest BCUT2D eigenvalue weighted by Gasteiger charge is 2.02. The number of hydrogen-bond donors (Lipinski definition) is 0. The lowest BCUT2D eigenvalue weighted by Gasteiger charge is -2.08. The van der Waals surface area contributed by atoms with Crippen molar-refractivity contribution in [3.05, 3.63) is 47.8 Å². The molecule has 2 aromatic rings. The van der Waals surface area contributed by atoms with Crippen molar-refractivity contribution < 1.29 is 4.74 Å². The third kappa shape index (κ3) is 2.14. The number of hydrogen-bond acceptors (Lipinski definition) is 2. The van der Waals surface area contributed by atoms with Crippen LogP contribution in [0.15, 0.2) is 36.5 Å². The van der Waals surface area contributed by atoms with Crippen molar-refractivity contribution in [2.75, 3.05) is 0 Å². The molecule has 0 amide bonds. The Morgan fingerprint density at radius 1 is 1.19 bits per heavy atom. The molecule has 0 bridgehead atoms. The topological polar surface area (TPSA) is 45.9 Å². The Balaban J connectivity index is 2.28. The first-order valence-corrected chi connectivity index (χ1v) is 5.08. The van der Waals surface area contributed by atoms with Gasteiger partial charge in [0.25, 0.3) is 0 Å². The molecular weight excluding hydrogens is 200 g/mol. The van der Waals surface area contributed by atoms with Crippen LogP contribution in [0.3, 0.4) is 0 Å². The Morgan fingerprint density at radius 3 is 2.69 bits per heavy atom. The molecule has 0 aliphatic rings. The highest BCUT2D eigenvalue weighted by atomic mass is 16.5. The Labute approximate surface area is 94.9 Å². The molecule has 0 fully saturated rings. The number of ether oxygens (including phenoxy) is 1. The molecule has 0 saturated carbocycles. The van der Waals surface area contributed by atoms with Crippen molar-refractivity contribution in [1.82, 2.24) is 10.7 Å². The van der Waals surface area contributed by atoms with Gasteiger partial charge in [-0.05, 0) is 49.7 Å². The van der Waals surface area contributed by atoms with Gasteiger partial charge in [0.1, 0.15) is 11.5 Å². The van der Waals surface area contributed by atoms with Gasteiger partial charge >= 0.3 is 0 Å². The molecule has 3 nitrogen and oxygen atoms in total. The van der Waals surface area contributed by atoms with Gasteiger partial charge in [-0.25, -0.2) is 0 Å². The standard InChI is InChI=1S/C13H13N2O/c1-9-8-11(5-6-12(9)14)16-13-4-3-7-15-10(13)2/h3-8,14H,1-2H3. The monoisotopic (exact) mass is 213 g/mol. The van der Waals surface area contributed by atoms with Gasteiger partial charge in [-0.1, -0.05) is 0 Å². The minimum absolute atomic E-state index is 0.523. The highest BCUT2D eigenvalue weighted by Crippen LogP contribution is 2.26. The van der Waals surface area contributed by atoms with Gasteiger partial charge in [-0.2, -0.15) is 0 Å². The van der Waals surface area contributed by atoms with Gasteiger partial charge in [-0.15, -0.1) is 0 Å². The van der Waals surface area contributed by atoms with E-state index in [1.54, 1.807) is 18.3 Å². The fourth-order valence-electron chi connectivity index (χ4n) is 1.40. The summed E-state index contributed by atoms with van der Waals surface area (Å²) in [6.45, 7) is 3.80. The van der Waals surface area contributed by atoms with Gasteiger partial charge < -0.3 is 10.5 Å². The molecular formula is C13H13N2O. The van der Waals surface area contributed by atoms with Gasteiger partial charge in [0.2, 0.25) is 0 Å². The van der Waals surface area contributed by atoms with Crippen LogP contribution in [0.4, 0.5) is 5.69 Å². The van der Waals surface area contributed by atoms with E-state index >= 15 is 0 Å². The summed E-state index contributed by atoms with van der Waals surface area (Å²) in [5, 5.41) is 0. The van der Waals surface area contributed by atoms with Crippen LogP contribution in [0.5, 0.6) is 11.5 Å². The summed E-state index contributed by atoms with van der Waals surface area (Å²) in [6, 6.07) is 9.10. The molecule has 1 aromatic carbocycles. The summed E-state index contributed by atoms with van der Waals surface area (Å²) in [5.74, 6) is 1.49. The number of benzene rings is 1. The second-order valence-corrected chi connectivity index (χ2v) is 3.67. The molecule has 3 heteroatoms. The van der Waals surface area contributed by atoms with Crippen molar-refractivity contribution in [2.24, 2.45) is 0 Å². The Morgan fingerprint density at radius 2 is 2.00 bits per heavy atom. The van der Waals surface area contributed by atoms with Gasteiger partial charge in [-0.3, -0.25) is 4.98 Å². The molecule has 0 saturated heterocycles. The van der Waals surface area contributed by atoms with Crippen molar-refractivity contribution in [1.29, 1.82) is 0 Å². The maximum absolute atomic E-state index is 7.57. The first kappa shape index (κ1) is 10.5. The van der Waals surface area contributed by atoms with E-state index in [-0.39, 0.29) is 0 Å². The lowest BCUT2D eigenvalue weighted by atomic mass is 10.2. The molecule has 0 unspecified atom stereocenters. The van der Waals surface area contributed by atoms with E-state index in [0.717, 1.165) is 22.8 Å². The largest absolute Gasteiger partial charge is 0.455 e. The van der Waals surface area contributed by atoms with Crippen molar-refractivity contribution >= 4 is 5.69 Å². The second-order valence-electron chi connectivity index (χ2n) is 3.67. The number of pyridine rings is 1. The molecule has 81 valence electrons. The lowest BCUT2D eigenvalue weighted by Crippen LogP contribution is -1.90. The normalized spacial score (nSPS) is 10.1. The average molecular weight is 213 g/mol. The van der Waals surface area contributed by atoms with E-state index < -0.39 is 0 Å². The quantitative estimate of drug-likeness (QED) is 0.767. The number of rotatable bonds is 2. The summed E-state index contributed by atoms with van der Waals surface area (Å²) < 4.78 is 5.70. The van der Waals surface area contributed by atoms with Crippen LogP contribution < -0.4 is 10.5 Å². The van der Waals surface area contributed by atoms with Crippen molar-refractivity contribution in [3.8, 4) is 11.5 Å². The first-order valence-electron chi connectivity index (χ1n) is 5.08. The van der Waals surface area contributed by atoms with Crippen LogP contribution in [-0.2, 0) is 0 Å². The van der Waals surface area contributed by atoms with E-state index in [2.05, 4.69) is 4.98 Å². The van der Waals surface area contributed by atoms with Crippen LogP contribution >= 0.6 is 0 Å². The van der Waals surface area contributed by atoms with Crippen LogP contribution in [0.2, 0.25) is 0 Å². The summed E-state index contributed by atoms with van der Waals surface area (Å²) >= 11 is 0. The van der Waals surface area contributed by atoms with Crippen LogP contribution in [0.25, 0.3) is 0 Å².